The zero-order valence-corrected chi connectivity index (χ0v) is 37.1. The second-order valence-corrected chi connectivity index (χ2v) is 23.2. The van der Waals surface area contributed by atoms with E-state index < -0.39 is 8.07 Å². The zero-order valence-electron chi connectivity index (χ0n) is 36.1. The van der Waals surface area contributed by atoms with E-state index >= 15 is 0 Å². The molecule has 12 rings (SSSR count). The number of benzene rings is 8. The normalized spacial score (nSPS) is 15.3. The van der Waals surface area contributed by atoms with Crippen molar-refractivity contribution in [1.82, 2.24) is 0 Å². The van der Waals surface area contributed by atoms with Gasteiger partial charge >= 0.3 is 0 Å². The Kier molecular flexibility index (Phi) is 7.78. The molecule has 0 unspecified atom stereocenters. The highest BCUT2D eigenvalue weighted by Gasteiger charge is 2.44. The predicted molar refractivity (Wildman–Crippen MR) is 263 cm³/mol. The average molecular weight is 817 g/mol. The van der Waals surface area contributed by atoms with Crippen molar-refractivity contribution < 1.29 is 4.42 Å². The third-order valence-corrected chi connectivity index (χ3v) is 17.9. The van der Waals surface area contributed by atoms with Crippen LogP contribution < -0.4 is 20.2 Å². The lowest BCUT2D eigenvalue weighted by molar-refractivity contribution is 0.634. The number of nitrogens with zero attached hydrogens (tertiary/aromatic N) is 2. The Bertz CT molecular complexity index is 3280. The van der Waals surface area contributed by atoms with Crippen LogP contribution in [0.5, 0.6) is 0 Å². The first-order valence-corrected chi connectivity index (χ1v) is 24.9. The summed E-state index contributed by atoms with van der Waals surface area (Å²) in [5.74, 6) is 1.02. The third-order valence-electron chi connectivity index (χ3n) is 14.4. The van der Waals surface area contributed by atoms with Crippen molar-refractivity contribution in [2.75, 3.05) is 9.80 Å². The Hall–Kier alpha value is -6.88. The summed E-state index contributed by atoms with van der Waals surface area (Å²) in [5.41, 5.74) is 19.5. The zero-order chi connectivity index (χ0) is 42.1. The van der Waals surface area contributed by atoms with Gasteiger partial charge in [0.05, 0.1) is 11.4 Å². The van der Waals surface area contributed by atoms with Crippen LogP contribution >= 0.6 is 0 Å². The second kappa shape index (κ2) is 13.1. The predicted octanol–water partition coefficient (Wildman–Crippen LogP) is 14.8. The Labute approximate surface area is 365 Å². The number of hydrogen-bond donors (Lipinski definition) is 0. The number of furan rings is 1. The molecule has 0 bridgehead atoms. The lowest BCUT2D eigenvalue weighted by atomic mass is 9.81. The highest BCUT2D eigenvalue weighted by Crippen LogP contribution is 2.56. The molecule has 0 N–H and O–H groups in total. The molecule has 0 amide bonds. The molecule has 0 saturated carbocycles. The minimum Gasteiger partial charge on any atom is -0.456 e. The molecule has 62 heavy (non-hydrogen) atoms. The summed E-state index contributed by atoms with van der Waals surface area (Å²) < 4.78 is 7.06. The van der Waals surface area contributed by atoms with Gasteiger partial charge in [0.1, 0.15) is 19.4 Å². The van der Waals surface area contributed by atoms with E-state index in [4.69, 9.17) is 4.42 Å². The van der Waals surface area contributed by atoms with Gasteiger partial charge in [-0.05, 0) is 122 Å². The first kappa shape index (κ1) is 36.9. The van der Waals surface area contributed by atoms with Gasteiger partial charge in [-0.25, -0.2) is 0 Å². The van der Waals surface area contributed by atoms with E-state index in [0.717, 1.165) is 34.1 Å². The van der Waals surface area contributed by atoms with Crippen LogP contribution in [0, 0.1) is 0 Å². The van der Waals surface area contributed by atoms with Gasteiger partial charge in [-0.3, -0.25) is 0 Å². The van der Waals surface area contributed by atoms with Crippen LogP contribution in [0.2, 0.25) is 13.1 Å². The fourth-order valence-electron chi connectivity index (χ4n) is 11.6. The van der Waals surface area contributed by atoms with E-state index in [9.17, 15) is 0 Å². The molecule has 2 aliphatic carbocycles. The molecular weight excluding hydrogens is 769 g/mol. The molecule has 0 atom stereocenters. The van der Waals surface area contributed by atoms with E-state index in [0.29, 0.717) is 0 Å². The SMILES string of the molecule is CC1(C)c2ccccc2-c2cccc(N(c3ccccc3)c3ccc4c(c3)-c3oc5ccc(N(c6ccccc6)c6cccc7c6C(C)(C)c6ccccc6-7)cc5c3[Si]4(C)C)c21. The van der Waals surface area contributed by atoms with Crippen molar-refractivity contribution in [3.05, 3.63) is 204 Å². The van der Waals surface area contributed by atoms with Gasteiger partial charge in [0.15, 0.2) is 0 Å². The fourth-order valence-corrected chi connectivity index (χ4v) is 14.8. The van der Waals surface area contributed by atoms with Crippen molar-refractivity contribution in [3.8, 4) is 33.6 Å². The van der Waals surface area contributed by atoms with Crippen LogP contribution in [0.25, 0.3) is 44.5 Å². The molecule has 0 radical (unpaired) electrons. The van der Waals surface area contributed by atoms with Gasteiger partial charge in [0, 0.05) is 44.5 Å². The largest absolute Gasteiger partial charge is 0.456 e. The van der Waals surface area contributed by atoms with Gasteiger partial charge in [-0.15, -0.1) is 0 Å². The topological polar surface area (TPSA) is 19.6 Å². The highest BCUT2D eigenvalue weighted by atomic mass is 28.3. The first-order valence-electron chi connectivity index (χ1n) is 21.9. The monoisotopic (exact) mass is 816 g/mol. The van der Waals surface area contributed by atoms with E-state index in [-0.39, 0.29) is 10.8 Å². The van der Waals surface area contributed by atoms with E-state index in [1.165, 1.54) is 77.2 Å². The molecule has 0 saturated heterocycles. The fraction of sp³-hybridized carbons (Fsp3) is 0.138. The van der Waals surface area contributed by atoms with Crippen LogP contribution in [0.3, 0.4) is 0 Å². The lowest BCUT2D eigenvalue weighted by Gasteiger charge is -2.32. The van der Waals surface area contributed by atoms with E-state index in [1.54, 1.807) is 0 Å². The molecule has 1 aromatic heterocycles. The Morgan fingerprint density at radius 1 is 0.419 bits per heavy atom. The highest BCUT2D eigenvalue weighted by molar-refractivity contribution is 7.05. The maximum atomic E-state index is 7.06. The Morgan fingerprint density at radius 3 is 1.44 bits per heavy atom. The third kappa shape index (κ3) is 5.04. The summed E-state index contributed by atoms with van der Waals surface area (Å²) in [4.78, 5) is 4.94. The van der Waals surface area contributed by atoms with Crippen LogP contribution in [0.15, 0.2) is 186 Å². The summed E-state index contributed by atoms with van der Waals surface area (Å²) in [5, 5.41) is 4.01. The molecule has 8 aromatic carbocycles. The van der Waals surface area contributed by atoms with Crippen LogP contribution in [0.4, 0.5) is 34.1 Å². The second-order valence-electron chi connectivity index (χ2n) is 18.9. The van der Waals surface area contributed by atoms with E-state index in [1.807, 2.05) is 0 Å². The van der Waals surface area contributed by atoms with Crippen molar-refractivity contribution in [3.63, 3.8) is 0 Å². The Morgan fingerprint density at radius 2 is 0.887 bits per heavy atom. The maximum Gasteiger partial charge on any atom is 0.135 e. The first-order chi connectivity index (χ1) is 30.0. The number of hydrogen-bond acceptors (Lipinski definition) is 3. The van der Waals surface area contributed by atoms with Crippen LogP contribution in [0.1, 0.15) is 49.9 Å². The minimum absolute atomic E-state index is 0.169. The number of para-hydroxylation sites is 2. The van der Waals surface area contributed by atoms with Crippen molar-refractivity contribution in [2.24, 2.45) is 0 Å². The van der Waals surface area contributed by atoms with Gasteiger partial charge in [0.25, 0.3) is 0 Å². The van der Waals surface area contributed by atoms with Gasteiger partial charge in [-0.1, -0.05) is 156 Å². The van der Waals surface area contributed by atoms with Crippen LogP contribution in [-0.2, 0) is 10.8 Å². The maximum absolute atomic E-state index is 7.06. The minimum atomic E-state index is -2.22. The summed E-state index contributed by atoms with van der Waals surface area (Å²) in [6.45, 7) is 14.5. The summed E-state index contributed by atoms with van der Waals surface area (Å²) >= 11 is 0. The summed E-state index contributed by atoms with van der Waals surface area (Å²) in [6.07, 6.45) is 0. The standard InChI is InChI=1S/C58H48N2OSi/c1-57(2)47-27-15-13-23-41(47)43-25-17-29-49(53(43)57)59(37-19-9-7-10-20-37)39-31-33-51-45(35-39)56-55(61-51)46-36-40(32-34-52(46)62(56,5)6)60(38-21-11-8-12-22-38)50-30-18-26-44-42-24-14-16-28-48(42)58(3,4)54(44)50/h7-36H,1-6H3. The number of rotatable bonds is 6. The van der Waals surface area contributed by atoms with Gasteiger partial charge in [0.2, 0.25) is 0 Å². The summed E-state index contributed by atoms with van der Waals surface area (Å²) in [7, 11) is -2.22. The quantitative estimate of drug-likeness (QED) is 0.156. The molecule has 4 heteroatoms. The summed E-state index contributed by atoms with van der Waals surface area (Å²) in [6, 6.07) is 67.2. The number of fused-ring (bicyclic) bond motifs is 11. The lowest BCUT2D eigenvalue weighted by Crippen LogP contribution is -2.49. The van der Waals surface area contributed by atoms with E-state index in [2.05, 4.69) is 233 Å². The van der Waals surface area contributed by atoms with Crippen LogP contribution in [-0.4, -0.2) is 8.07 Å². The molecule has 3 aliphatic rings. The van der Waals surface area contributed by atoms with Crippen molar-refractivity contribution >= 4 is 63.5 Å². The average Bonchev–Trinajstić information content (AvgIpc) is 3.94. The molecule has 9 aromatic rings. The molecule has 1 aliphatic heterocycles. The number of anilines is 6. The molecule has 300 valence electrons. The molecule has 3 nitrogen and oxygen atoms in total. The van der Waals surface area contributed by atoms with Gasteiger partial charge in [-0.2, -0.15) is 0 Å². The Balaban J connectivity index is 1.02. The smallest absolute Gasteiger partial charge is 0.135 e. The molecule has 0 fully saturated rings. The van der Waals surface area contributed by atoms with Crippen molar-refractivity contribution in [1.29, 1.82) is 0 Å². The molecule has 0 spiro atoms. The van der Waals surface area contributed by atoms with Gasteiger partial charge < -0.3 is 14.2 Å². The molecular formula is C58H48N2OSi. The molecule has 2 heterocycles. The van der Waals surface area contributed by atoms with Crippen molar-refractivity contribution in [2.45, 2.75) is 51.6 Å².